The molecule has 7 heteroatoms. The highest BCUT2D eigenvalue weighted by Crippen LogP contribution is 2.21. The van der Waals surface area contributed by atoms with Gasteiger partial charge in [0.25, 0.3) is 0 Å². The molecule has 0 aliphatic rings. The van der Waals surface area contributed by atoms with Crippen LogP contribution >= 0.6 is 11.3 Å². The summed E-state index contributed by atoms with van der Waals surface area (Å²) in [6, 6.07) is 10.2. The van der Waals surface area contributed by atoms with Crippen LogP contribution in [0.5, 0.6) is 0 Å². The third-order valence-corrected chi connectivity index (χ3v) is 4.77. The number of benzene rings is 1. The number of hydrogen-bond acceptors (Lipinski definition) is 5. The smallest absolute Gasteiger partial charge is 0.230 e. The van der Waals surface area contributed by atoms with Gasteiger partial charge in [0.15, 0.2) is 5.13 Å². The standard InChI is InChI=1S/C18H21N5OS/c1-12(11-23-14(3)20-13(2)22-23)17(24)21-18-19-10-16(25-18)9-15-7-5-4-6-8-15/h4-8,10,12H,9,11H2,1-3H3,(H,19,21,24)/t12-/m1/s1. The fourth-order valence-electron chi connectivity index (χ4n) is 2.55. The molecule has 0 saturated carbocycles. The van der Waals surface area contributed by atoms with Gasteiger partial charge in [-0.3, -0.25) is 4.79 Å². The molecule has 0 fully saturated rings. The first kappa shape index (κ1) is 17.3. The number of aryl methyl sites for hydroxylation is 2. The predicted molar refractivity (Wildman–Crippen MR) is 98.7 cm³/mol. The van der Waals surface area contributed by atoms with E-state index in [-0.39, 0.29) is 11.8 Å². The Morgan fingerprint density at radius 3 is 2.72 bits per heavy atom. The lowest BCUT2D eigenvalue weighted by atomic mass is 10.1. The minimum atomic E-state index is -0.221. The Hall–Kier alpha value is -2.54. The van der Waals surface area contributed by atoms with Crippen molar-refractivity contribution in [1.82, 2.24) is 19.7 Å². The second-order valence-corrected chi connectivity index (χ2v) is 7.19. The molecule has 0 saturated heterocycles. The van der Waals surface area contributed by atoms with Crippen LogP contribution in [0.3, 0.4) is 0 Å². The Kier molecular flexibility index (Phi) is 5.23. The molecule has 0 bridgehead atoms. The molecule has 3 rings (SSSR count). The van der Waals surface area contributed by atoms with E-state index in [1.54, 1.807) is 4.68 Å². The van der Waals surface area contributed by atoms with Crippen molar-refractivity contribution in [2.45, 2.75) is 33.7 Å². The van der Waals surface area contributed by atoms with Crippen molar-refractivity contribution in [3.05, 3.63) is 58.6 Å². The second-order valence-electron chi connectivity index (χ2n) is 6.07. The number of rotatable bonds is 6. The number of nitrogens with zero attached hydrogens (tertiary/aromatic N) is 4. The van der Waals surface area contributed by atoms with Gasteiger partial charge in [-0.1, -0.05) is 37.3 Å². The van der Waals surface area contributed by atoms with Crippen molar-refractivity contribution in [2.75, 3.05) is 5.32 Å². The summed E-state index contributed by atoms with van der Waals surface area (Å²) in [4.78, 5) is 22.1. The topological polar surface area (TPSA) is 72.7 Å². The normalized spacial score (nSPS) is 12.1. The highest BCUT2D eigenvalue weighted by molar-refractivity contribution is 7.15. The largest absolute Gasteiger partial charge is 0.302 e. The Balaban J connectivity index is 1.58. The predicted octanol–water partition coefficient (Wildman–Crippen LogP) is 3.22. The summed E-state index contributed by atoms with van der Waals surface area (Å²) < 4.78 is 1.77. The van der Waals surface area contributed by atoms with Gasteiger partial charge in [0, 0.05) is 17.5 Å². The molecule has 0 spiro atoms. The SMILES string of the molecule is Cc1nc(C)n(C[C@@H](C)C(=O)Nc2ncc(Cc3ccccc3)s2)n1. The maximum absolute atomic E-state index is 12.4. The van der Waals surface area contributed by atoms with E-state index >= 15 is 0 Å². The molecular weight excluding hydrogens is 334 g/mol. The third kappa shape index (κ3) is 4.51. The first-order valence-corrected chi connectivity index (χ1v) is 9.00. The van der Waals surface area contributed by atoms with Crippen molar-refractivity contribution in [3.8, 4) is 0 Å². The maximum Gasteiger partial charge on any atom is 0.230 e. The average molecular weight is 355 g/mol. The summed E-state index contributed by atoms with van der Waals surface area (Å²) in [6.07, 6.45) is 2.64. The van der Waals surface area contributed by atoms with E-state index in [1.165, 1.54) is 16.9 Å². The molecule has 2 aromatic heterocycles. The first-order valence-electron chi connectivity index (χ1n) is 8.19. The zero-order valence-electron chi connectivity index (χ0n) is 14.6. The molecule has 6 nitrogen and oxygen atoms in total. The second kappa shape index (κ2) is 7.57. The first-order chi connectivity index (χ1) is 12.0. The van der Waals surface area contributed by atoms with E-state index in [0.29, 0.717) is 11.7 Å². The molecule has 0 aliphatic carbocycles. The molecule has 2 heterocycles. The van der Waals surface area contributed by atoms with Gasteiger partial charge in [0.1, 0.15) is 11.6 Å². The van der Waals surface area contributed by atoms with Gasteiger partial charge < -0.3 is 5.32 Å². The summed E-state index contributed by atoms with van der Waals surface area (Å²) in [5.41, 5.74) is 1.23. The minimum absolute atomic E-state index is 0.0619. The number of thiazole rings is 1. The van der Waals surface area contributed by atoms with Crippen molar-refractivity contribution >= 4 is 22.4 Å². The number of nitrogens with one attached hydrogen (secondary N) is 1. The van der Waals surface area contributed by atoms with Gasteiger partial charge in [0.2, 0.25) is 5.91 Å². The Morgan fingerprint density at radius 1 is 1.28 bits per heavy atom. The van der Waals surface area contributed by atoms with Crippen LogP contribution in [0.2, 0.25) is 0 Å². The highest BCUT2D eigenvalue weighted by Gasteiger charge is 2.17. The summed E-state index contributed by atoms with van der Waals surface area (Å²) >= 11 is 1.51. The molecule has 3 aromatic rings. The van der Waals surface area contributed by atoms with Crippen LogP contribution in [-0.4, -0.2) is 25.7 Å². The number of carbonyl (C=O) groups excluding carboxylic acids is 1. The van der Waals surface area contributed by atoms with Crippen LogP contribution in [0.1, 0.15) is 29.0 Å². The van der Waals surface area contributed by atoms with Crippen molar-refractivity contribution in [3.63, 3.8) is 0 Å². The lowest BCUT2D eigenvalue weighted by Crippen LogP contribution is -2.25. The van der Waals surface area contributed by atoms with Gasteiger partial charge in [-0.2, -0.15) is 5.10 Å². The summed E-state index contributed by atoms with van der Waals surface area (Å²) in [5, 5.41) is 7.84. The average Bonchev–Trinajstić information content (AvgIpc) is 3.14. The van der Waals surface area contributed by atoms with E-state index in [4.69, 9.17) is 0 Å². The molecule has 0 radical (unpaired) electrons. The van der Waals surface area contributed by atoms with Crippen molar-refractivity contribution < 1.29 is 4.79 Å². The maximum atomic E-state index is 12.4. The molecule has 1 N–H and O–H groups in total. The number of anilines is 1. The van der Waals surface area contributed by atoms with E-state index < -0.39 is 0 Å². The Labute approximate surface area is 150 Å². The fraction of sp³-hybridized carbons (Fsp3) is 0.333. The summed E-state index contributed by atoms with van der Waals surface area (Å²) in [7, 11) is 0. The van der Waals surface area contributed by atoms with Crippen molar-refractivity contribution in [2.24, 2.45) is 5.92 Å². The van der Waals surface area contributed by atoms with Crippen molar-refractivity contribution in [1.29, 1.82) is 0 Å². The quantitative estimate of drug-likeness (QED) is 0.737. The molecule has 1 atom stereocenters. The molecule has 0 aliphatic heterocycles. The van der Waals surface area contributed by atoms with Crippen LogP contribution in [0.25, 0.3) is 0 Å². The highest BCUT2D eigenvalue weighted by atomic mass is 32.1. The van der Waals surface area contributed by atoms with Crippen LogP contribution in [0, 0.1) is 19.8 Å². The molecular formula is C18H21N5OS. The zero-order valence-corrected chi connectivity index (χ0v) is 15.4. The number of hydrogen-bond donors (Lipinski definition) is 1. The van der Waals surface area contributed by atoms with Crippen LogP contribution in [0.4, 0.5) is 5.13 Å². The van der Waals surface area contributed by atoms with Gasteiger partial charge in [-0.15, -0.1) is 11.3 Å². The molecule has 25 heavy (non-hydrogen) atoms. The number of aromatic nitrogens is 4. The molecule has 1 amide bonds. The Morgan fingerprint density at radius 2 is 2.04 bits per heavy atom. The van der Waals surface area contributed by atoms with Gasteiger partial charge in [-0.25, -0.2) is 14.6 Å². The van der Waals surface area contributed by atoms with Gasteiger partial charge in [0.05, 0.1) is 12.5 Å². The summed E-state index contributed by atoms with van der Waals surface area (Å²) in [6.45, 7) is 6.12. The molecule has 1 aromatic carbocycles. The lowest BCUT2D eigenvalue weighted by Gasteiger charge is -2.11. The van der Waals surface area contributed by atoms with E-state index in [9.17, 15) is 4.79 Å². The monoisotopic (exact) mass is 355 g/mol. The molecule has 0 unspecified atom stereocenters. The van der Waals surface area contributed by atoms with E-state index in [1.807, 2.05) is 45.2 Å². The third-order valence-electron chi connectivity index (χ3n) is 3.86. The van der Waals surface area contributed by atoms with Gasteiger partial charge >= 0.3 is 0 Å². The van der Waals surface area contributed by atoms with E-state index in [2.05, 4.69) is 32.5 Å². The number of amides is 1. The van der Waals surface area contributed by atoms with Crippen LogP contribution in [-0.2, 0) is 17.8 Å². The fourth-order valence-corrected chi connectivity index (χ4v) is 3.40. The van der Waals surface area contributed by atoms with Crippen LogP contribution < -0.4 is 5.32 Å². The summed E-state index contributed by atoms with van der Waals surface area (Å²) in [5.74, 6) is 1.25. The van der Waals surface area contributed by atoms with E-state index in [0.717, 1.165) is 22.9 Å². The van der Waals surface area contributed by atoms with Crippen LogP contribution in [0.15, 0.2) is 36.5 Å². The Bertz CT molecular complexity index is 855. The van der Waals surface area contributed by atoms with Gasteiger partial charge in [-0.05, 0) is 19.4 Å². The molecule has 130 valence electrons. The minimum Gasteiger partial charge on any atom is -0.302 e. The lowest BCUT2D eigenvalue weighted by molar-refractivity contribution is -0.119. The number of carbonyl (C=O) groups is 1. The zero-order chi connectivity index (χ0) is 17.8.